The fourth-order valence-electron chi connectivity index (χ4n) is 4.42. The van der Waals surface area contributed by atoms with Gasteiger partial charge in [-0.05, 0) is 24.6 Å². The second-order valence-corrected chi connectivity index (χ2v) is 8.56. The molecule has 0 aliphatic carbocycles. The predicted molar refractivity (Wildman–Crippen MR) is 126 cm³/mol. The van der Waals surface area contributed by atoms with Gasteiger partial charge in [-0.3, -0.25) is 0 Å². The minimum atomic E-state index is -0.776. The molecule has 9 nitrogen and oxygen atoms in total. The van der Waals surface area contributed by atoms with E-state index in [1.54, 1.807) is 9.30 Å². The molecule has 0 saturated carbocycles. The number of carbonyl (C=O) groups excluding carboxylic acids is 1. The molecule has 0 N–H and O–H groups in total. The standard InChI is InChI=1S/C25H25F2N5O4/c1-15-4-5-31-21(11-17-13-30(6-7-36-17)25(33)35-3)24(29-22(31)8-15)23-19(26)9-16(10-20(23)27)32-14-18(34-2)12-28-32/h4-5,8-10,12,14,17H,6-7,11,13H2,1-3H3. The summed E-state index contributed by atoms with van der Waals surface area (Å²) in [6.07, 6.45) is 4.23. The number of amides is 1. The molecule has 0 spiro atoms. The summed E-state index contributed by atoms with van der Waals surface area (Å²) in [6, 6.07) is 6.15. The van der Waals surface area contributed by atoms with E-state index in [0.717, 1.165) is 5.56 Å². The maximum absolute atomic E-state index is 15.5. The van der Waals surface area contributed by atoms with E-state index in [4.69, 9.17) is 14.2 Å². The van der Waals surface area contributed by atoms with Crippen molar-refractivity contribution in [2.24, 2.45) is 0 Å². The number of methoxy groups -OCH3 is 2. The summed E-state index contributed by atoms with van der Waals surface area (Å²) in [5.74, 6) is -1.09. The number of ether oxygens (including phenoxy) is 3. The average molecular weight is 498 g/mol. The largest absolute Gasteiger partial charge is 0.493 e. The Bertz CT molecular complexity index is 1410. The van der Waals surface area contributed by atoms with E-state index in [1.165, 1.54) is 43.4 Å². The van der Waals surface area contributed by atoms with Crippen LogP contribution in [-0.4, -0.2) is 70.2 Å². The van der Waals surface area contributed by atoms with Gasteiger partial charge >= 0.3 is 6.09 Å². The molecule has 1 aromatic carbocycles. The lowest BCUT2D eigenvalue weighted by Crippen LogP contribution is -2.46. The van der Waals surface area contributed by atoms with Crippen LogP contribution >= 0.6 is 0 Å². The summed E-state index contributed by atoms with van der Waals surface area (Å²) in [5, 5.41) is 4.09. The number of benzene rings is 1. The topological polar surface area (TPSA) is 83.1 Å². The van der Waals surface area contributed by atoms with Crippen molar-refractivity contribution in [1.82, 2.24) is 24.1 Å². The molecule has 1 saturated heterocycles. The molecule has 1 unspecified atom stereocenters. The van der Waals surface area contributed by atoms with E-state index < -0.39 is 23.8 Å². The number of aromatic nitrogens is 4. The average Bonchev–Trinajstić information content (AvgIpc) is 3.48. The molecule has 1 aliphatic rings. The van der Waals surface area contributed by atoms with Gasteiger partial charge in [0.15, 0.2) is 5.75 Å². The lowest BCUT2D eigenvalue weighted by Gasteiger charge is -2.32. The van der Waals surface area contributed by atoms with Crippen LogP contribution in [0.5, 0.6) is 5.75 Å². The molecule has 1 aliphatic heterocycles. The zero-order valence-electron chi connectivity index (χ0n) is 20.1. The predicted octanol–water partition coefficient (Wildman–Crippen LogP) is 3.79. The maximum atomic E-state index is 15.5. The van der Waals surface area contributed by atoms with Crippen molar-refractivity contribution in [2.45, 2.75) is 19.4 Å². The second-order valence-electron chi connectivity index (χ2n) is 8.56. The van der Waals surface area contributed by atoms with Gasteiger partial charge in [0.1, 0.15) is 17.3 Å². The van der Waals surface area contributed by atoms with Gasteiger partial charge in [-0.1, -0.05) is 0 Å². The third-order valence-corrected chi connectivity index (χ3v) is 6.20. The fraction of sp³-hybridized carbons (Fsp3) is 0.320. The van der Waals surface area contributed by atoms with Gasteiger partial charge in [0.25, 0.3) is 0 Å². The van der Waals surface area contributed by atoms with Gasteiger partial charge in [0.05, 0.1) is 68.5 Å². The van der Waals surface area contributed by atoms with Crippen LogP contribution in [-0.2, 0) is 15.9 Å². The van der Waals surface area contributed by atoms with Crippen LogP contribution in [0, 0.1) is 18.6 Å². The van der Waals surface area contributed by atoms with Gasteiger partial charge in [-0.25, -0.2) is 23.2 Å². The highest BCUT2D eigenvalue weighted by Crippen LogP contribution is 2.33. The van der Waals surface area contributed by atoms with Crippen LogP contribution in [0.3, 0.4) is 0 Å². The summed E-state index contributed by atoms with van der Waals surface area (Å²) < 4.78 is 49.9. The number of pyridine rings is 1. The van der Waals surface area contributed by atoms with Crippen molar-refractivity contribution in [3.05, 3.63) is 65.7 Å². The smallest absolute Gasteiger partial charge is 0.409 e. The van der Waals surface area contributed by atoms with Crippen LogP contribution < -0.4 is 4.74 Å². The van der Waals surface area contributed by atoms with E-state index in [0.29, 0.717) is 30.2 Å². The first-order valence-corrected chi connectivity index (χ1v) is 11.4. The van der Waals surface area contributed by atoms with Crippen molar-refractivity contribution >= 4 is 11.7 Å². The van der Waals surface area contributed by atoms with Crippen molar-refractivity contribution in [3.63, 3.8) is 0 Å². The Hall–Kier alpha value is -3.99. The monoisotopic (exact) mass is 497 g/mol. The second kappa shape index (κ2) is 9.57. The highest BCUT2D eigenvalue weighted by molar-refractivity contribution is 5.70. The summed E-state index contributed by atoms with van der Waals surface area (Å²) in [4.78, 5) is 18.2. The summed E-state index contributed by atoms with van der Waals surface area (Å²) in [6.45, 7) is 2.94. The molecular weight excluding hydrogens is 472 g/mol. The molecule has 0 bridgehead atoms. The normalized spacial score (nSPS) is 15.9. The highest BCUT2D eigenvalue weighted by Gasteiger charge is 2.29. The quantitative estimate of drug-likeness (QED) is 0.417. The number of rotatable bonds is 5. The number of morpholine rings is 1. The Kier molecular flexibility index (Phi) is 6.31. The zero-order valence-corrected chi connectivity index (χ0v) is 20.1. The molecule has 0 radical (unpaired) electrons. The Morgan fingerprint density at radius 2 is 2.00 bits per heavy atom. The fourth-order valence-corrected chi connectivity index (χ4v) is 4.42. The Labute approximate surface area is 205 Å². The zero-order chi connectivity index (χ0) is 25.4. The molecule has 4 heterocycles. The lowest BCUT2D eigenvalue weighted by molar-refractivity contribution is -0.0241. The van der Waals surface area contributed by atoms with Crippen LogP contribution in [0.2, 0.25) is 0 Å². The molecule has 5 rings (SSSR count). The van der Waals surface area contributed by atoms with E-state index in [1.807, 2.05) is 25.3 Å². The third-order valence-electron chi connectivity index (χ3n) is 6.20. The third kappa shape index (κ3) is 4.37. The van der Waals surface area contributed by atoms with Crippen molar-refractivity contribution in [2.75, 3.05) is 33.9 Å². The molecule has 36 heavy (non-hydrogen) atoms. The van der Waals surface area contributed by atoms with Gasteiger partial charge in [-0.15, -0.1) is 0 Å². The summed E-state index contributed by atoms with van der Waals surface area (Å²) in [7, 11) is 2.81. The molecule has 1 amide bonds. The lowest BCUT2D eigenvalue weighted by atomic mass is 10.0. The molecule has 1 fully saturated rings. The molecule has 3 aromatic heterocycles. The van der Waals surface area contributed by atoms with Gasteiger partial charge in [0.2, 0.25) is 0 Å². The van der Waals surface area contributed by atoms with E-state index >= 15 is 8.78 Å². The summed E-state index contributed by atoms with van der Waals surface area (Å²) in [5.41, 5.74) is 2.24. The summed E-state index contributed by atoms with van der Waals surface area (Å²) >= 11 is 0. The van der Waals surface area contributed by atoms with Gasteiger partial charge in [-0.2, -0.15) is 5.10 Å². The van der Waals surface area contributed by atoms with Crippen molar-refractivity contribution in [3.8, 4) is 22.7 Å². The molecule has 4 aromatic rings. The molecule has 1 atom stereocenters. The number of imidazole rings is 1. The SMILES string of the molecule is COC(=O)N1CCOC(Cc2c(-c3c(F)cc(-n4cc(OC)cn4)cc3F)nc3cc(C)ccn23)C1. The number of hydrogen-bond donors (Lipinski definition) is 0. The Morgan fingerprint density at radius 1 is 1.22 bits per heavy atom. The van der Waals surface area contributed by atoms with Crippen molar-refractivity contribution in [1.29, 1.82) is 0 Å². The number of fused-ring (bicyclic) bond motifs is 1. The number of halogens is 2. The molecular formula is C25H25F2N5O4. The van der Waals surface area contributed by atoms with Crippen LogP contribution in [0.1, 0.15) is 11.3 Å². The van der Waals surface area contributed by atoms with E-state index in [-0.39, 0.29) is 29.9 Å². The number of nitrogens with zero attached hydrogens (tertiary/aromatic N) is 5. The minimum Gasteiger partial charge on any atom is -0.493 e. The van der Waals surface area contributed by atoms with Gasteiger partial charge < -0.3 is 23.5 Å². The van der Waals surface area contributed by atoms with E-state index in [2.05, 4.69) is 10.1 Å². The molecule has 188 valence electrons. The first-order chi connectivity index (χ1) is 17.4. The minimum absolute atomic E-state index is 0.180. The molecule has 11 heteroatoms. The van der Waals surface area contributed by atoms with Crippen LogP contribution in [0.15, 0.2) is 42.9 Å². The number of aryl methyl sites for hydroxylation is 1. The highest BCUT2D eigenvalue weighted by atomic mass is 19.1. The Morgan fingerprint density at radius 3 is 2.69 bits per heavy atom. The number of carbonyl (C=O) groups is 1. The maximum Gasteiger partial charge on any atom is 0.409 e. The van der Waals surface area contributed by atoms with Crippen LogP contribution in [0.25, 0.3) is 22.6 Å². The van der Waals surface area contributed by atoms with E-state index in [9.17, 15) is 4.79 Å². The Balaban J connectivity index is 1.57. The van der Waals surface area contributed by atoms with Crippen molar-refractivity contribution < 1.29 is 27.8 Å². The first-order valence-electron chi connectivity index (χ1n) is 11.4. The van der Waals surface area contributed by atoms with Gasteiger partial charge in [0, 0.05) is 31.3 Å². The number of hydrogen-bond acceptors (Lipinski definition) is 6. The first kappa shape index (κ1) is 23.7. The van der Waals surface area contributed by atoms with Crippen LogP contribution in [0.4, 0.5) is 13.6 Å².